The average Bonchev–Trinajstić information content (AvgIpc) is 2.90. The molecule has 210 valence electrons. The number of nitrogens with one attached hydrogen (secondary N) is 1. The van der Waals surface area contributed by atoms with Crippen LogP contribution in [0.1, 0.15) is 49.7 Å². The number of hydrogen-bond acceptors (Lipinski definition) is 4. The summed E-state index contributed by atoms with van der Waals surface area (Å²) in [5.41, 5.74) is 1.95. The molecule has 4 rings (SSSR count). The predicted molar refractivity (Wildman–Crippen MR) is 154 cm³/mol. The minimum Gasteiger partial charge on any atom is -0.344 e. The Balaban J connectivity index is 1.43. The molecule has 1 aliphatic heterocycles. The Hall–Kier alpha value is -2.90. The first-order valence-electron chi connectivity index (χ1n) is 14.1. The highest BCUT2D eigenvalue weighted by atomic mass is 35.5. The molecule has 8 heteroatoms. The van der Waals surface area contributed by atoms with Gasteiger partial charge >= 0.3 is 0 Å². The number of hydrogen-bond donors (Lipinski definition) is 1. The minimum absolute atomic E-state index is 0.00823. The van der Waals surface area contributed by atoms with Crippen molar-refractivity contribution in [1.29, 1.82) is 0 Å². The van der Waals surface area contributed by atoms with E-state index < -0.39 is 6.04 Å². The lowest BCUT2D eigenvalue weighted by molar-refractivity contribution is -0.151. The normalized spacial score (nSPS) is 17.0. The molecule has 0 spiro atoms. The van der Waals surface area contributed by atoms with Gasteiger partial charge in [-0.3, -0.25) is 14.4 Å². The van der Waals surface area contributed by atoms with E-state index in [-0.39, 0.29) is 29.8 Å². The number of carbonyl (C=O) groups excluding carboxylic acids is 3. The summed E-state index contributed by atoms with van der Waals surface area (Å²) < 4.78 is 0. The van der Waals surface area contributed by atoms with Crippen LogP contribution in [0.4, 0.5) is 0 Å². The van der Waals surface area contributed by atoms with E-state index in [1.807, 2.05) is 61.5 Å². The third kappa shape index (κ3) is 8.29. The zero-order valence-corrected chi connectivity index (χ0v) is 23.9. The van der Waals surface area contributed by atoms with Gasteiger partial charge in [0.25, 0.3) is 0 Å². The van der Waals surface area contributed by atoms with Crippen LogP contribution in [-0.2, 0) is 27.2 Å². The average molecular weight is 553 g/mol. The van der Waals surface area contributed by atoms with E-state index in [9.17, 15) is 14.4 Å². The molecule has 1 N–H and O–H groups in total. The van der Waals surface area contributed by atoms with Crippen molar-refractivity contribution in [3.63, 3.8) is 0 Å². The second-order valence-corrected chi connectivity index (χ2v) is 11.6. The van der Waals surface area contributed by atoms with Crippen LogP contribution in [0.25, 0.3) is 0 Å². The number of benzene rings is 2. The number of rotatable bonds is 11. The summed E-state index contributed by atoms with van der Waals surface area (Å²) in [6.07, 6.45) is 6.62. The van der Waals surface area contributed by atoms with Gasteiger partial charge in [-0.05, 0) is 50.2 Å². The molecule has 2 fully saturated rings. The van der Waals surface area contributed by atoms with Gasteiger partial charge in [0.15, 0.2) is 0 Å². The molecule has 1 atom stereocenters. The Morgan fingerprint density at radius 3 is 2.23 bits per heavy atom. The molecule has 39 heavy (non-hydrogen) atoms. The van der Waals surface area contributed by atoms with E-state index >= 15 is 0 Å². The van der Waals surface area contributed by atoms with Crippen molar-refractivity contribution in [3.05, 3.63) is 70.7 Å². The van der Waals surface area contributed by atoms with Gasteiger partial charge in [0.05, 0.1) is 12.5 Å². The van der Waals surface area contributed by atoms with Crippen LogP contribution in [0.5, 0.6) is 0 Å². The third-order valence-electron chi connectivity index (χ3n) is 7.79. The Morgan fingerprint density at radius 1 is 0.923 bits per heavy atom. The lowest BCUT2D eigenvalue weighted by Gasteiger charge is -2.49. The van der Waals surface area contributed by atoms with Crippen LogP contribution < -0.4 is 5.32 Å². The zero-order valence-electron chi connectivity index (χ0n) is 23.2. The Bertz CT molecular complexity index is 1100. The van der Waals surface area contributed by atoms with E-state index in [0.717, 1.165) is 36.8 Å². The smallest absolute Gasteiger partial charge is 0.245 e. The molecular formula is C31H41ClN4O3. The number of halogens is 1. The second kappa shape index (κ2) is 13.9. The number of likely N-dealkylation sites (tertiary alicyclic amines) is 1. The largest absolute Gasteiger partial charge is 0.344 e. The summed E-state index contributed by atoms with van der Waals surface area (Å²) in [6, 6.07) is 16.8. The van der Waals surface area contributed by atoms with E-state index in [1.54, 1.807) is 17.0 Å². The summed E-state index contributed by atoms with van der Waals surface area (Å²) in [5.74, 6) is -0.103. The molecule has 2 aromatic carbocycles. The maximum absolute atomic E-state index is 13.6. The van der Waals surface area contributed by atoms with Crippen LogP contribution in [0, 0.1) is 0 Å². The molecule has 1 heterocycles. The molecule has 3 amide bonds. The molecule has 7 nitrogen and oxygen atoms in total. The van der Waals surface area contributed by atoms with E-state index in [0.29, 0.717) is 43.9 Å². The van der Waals surface area contributed by atoms with Gasteiger partial charge in [-0.15, -0.1) is 0 Å². The van der Waals surface area contributed by atoms with Crippen LogP contribution in [0.2, 0.25) is 5.02 Å². The number of carbonyl (C=O) groups is 3. The summed E-state index contributed by atoms with van der Waals surface area (Å²) in [7, 11) is 3.84. The first-order valence-corrected chi connectivity index (χ1v) is 14.5. The summed E-state index contributed by atoms with van der Waals surface area (Å²) in [6.45, 7) is 1.61. The number of amides is 3. The van der Waals surface area contributed by atoms with Crippen molar-refractivity contribution in [2.75, 3.05) is 33.7 Å². The molecule has 1 aliphatic carbocycles. The monoisotopic (exact) mass is 552 g/mol. The highest BCUT2D eigenvalue weighted by Crippen LogP contribution is 2.29. The van der Waals surface area contributed by atoms with Crippen molar-refractivity contribution in [2.45, 2.75) is 69.5 Å². The lowest BCUT2D eigenvalue weighted by atomic mass is 9.90. The van der Waals surface area contributed by atoms with Crippen LogP contribution in [-0.4, -0.2) is 84.3 Å². The van der Waals surface area contributed by atoms with Crippen molar-refractivity contribution in [1.82, 2.24) is 20.0 Å². The maximum Gasteiger partial charge on any atom is 0.245 e. The molecule has 0 bridgehead atoms. The molecule has 0 aromatic heterocycles. The Labute approximate surface area is 237 Å². The maximum atomic E-state index is 13.6. The second-order valence-electron chi connectivity index (χ2n) is 11.2. The fourth-order valence-corrected chi connectivity index (χ4v) is 5.73. The molecular weight excluding hydrogens is 512 g/mol. The fraction of sp³-hybridized carbons (Fsp3) is 0.516. The van der Waals surface area contributed by atoms with Crippen LogP contribution in [0.15, 0.2) is 54.6 Å². The summed E-state index contributed by atoms with van der Waals surface area (Å²) in [4.78, 5) is 45.7. The molecule has 1 saturated carbocycles. The fourth-order valence-electron chi connectivity index (χ4n) is 5.61. The topological polar surface area (TPSA) is 73.0 Å². The van der Waals surface area contributed by atoms with Crippen molar-refractivity contribution < 1.29 is 14.4 Å². The van der Waals surface area contributed by atoms with Crippen LogP contribution in [0.3, 0.4) is 0 Å². The van der Waals surface area contributed by atoms with E-state index in [2.05, 4.69) is 10.2 Å². The van der Waals surface area contributed by atoms with E-state index in [1.165, 1.54) is 6.42 Å². The molecule has 2 aromatic rings. The highest BCUT2D eigenvalue weighted by molar-refractivity contribution is 6.30. The third-order valence-corrected chi connectivity index (χ3v) is 8.05. The summed E-state index contributed by atoms with van der Waals surface area (Å²) >= 11 is 6.05. The first kappa shape index (κ1) is 29.1. The van der Waals surface area contributed by atoms with Crippen molar-refractivity contribution in [2.24, 2.45) is 0 Å². The van der Waals surface area contributed by atoms with Gasteiger partial charge in [0.2, 0.25) is 17.7 Å². The SMILES string of the molecule is CN(C)CCC(=O)NC(Cc1ccc(Cl)cc1)C(=O)N1CC(N(C(=O)Cc2ccccc2)C2CCCCC2)C1. The van der Waals surface area contributed by atoms with Gasteiger partial charge in [-0.1, -0.05) is 73.3 Å². The first-order chi connectivity index (χ1) is 18.8. The molecule has 1 unspecified atom stereocenters. The van der Waals surface area contributed by atoms with Gasteiger partial charge in [-0.2, -0.15) is 0 Å². The van der Waals surface area contributed by atoms with Crippen molar-refractivity contribution in [3.8, 4) is 0 Å². The standard InChI is InChI=1S/C31H41ClN4O3/c1-34(2)18-17-29(37)33-28(19-24-13-15-25(32)16-14-24)31(39)35-21-27(22-35)36(26-11-7-4-8-12-26)30(38)20-23-9-5-3-6-10-23/h3,5-6,9-10,13-16,26-28H,4,7-8,11-12,17-22H2,1-2H3,(H,33,37). The quantitative estimate of drug-likeness (QED) is 0.458. The number of nitrogens with zero attached hydrogens (tertiary/aromatic N) is 3. The van der Waals surface area contributed by atoms with Crippen LogP contribution >= 0.6 is 11.6 Å². The van der Waals surface area contributed by atoms with Gasteiger partial charge in [0, 0.05) is 43.5 Å². The van der Waals surface area contributed by atoms with Gasteiger partial charge < -0.3 is 20.0 Å². The predicted octanol–water partition coefficient (Wildman–Crippen LogP) is 3.93. The molecule has 2 aliphatic rings. The van der Waals surface area contributed by atoms with Gasteiger partial charge in [-0.25, -0.2) is 0 Å². The van der Waals surface area contributed by atoms with Crippen molar-refractivity contribution >= 4 is 29.3 Å². The highest BCUT2D eigenvalue weighted by Gasteiger charge is 2.42. The Morgan fingerprint density at radius 2 is 1.59 bits per heavy atom. The van der Waals surface area contributed by atoms with Gasteiger partial charge in [0.1, 0.15) is 6.04 Å². The molecule has 0 radical (unpaired) electrons. The Kier molecular flexibility index (Phi) is 10.4. The summed E-state index contributed by atoms with van der Waals surface area (Å²) in [5, 5.41) is 3.61. The van der Waals surface area contributed by atoms with E-state index in [4.69, 9.17) is 11.6 Å². The lowest BCUT2D eigenvalue weighted by Crippen LogP contribution is -2.67. The molecule has 1 saturated heterocycles. The zero-order chi connectivity index (χ0) is 27.8. The minimum atomic E-state index is -0.662.